The summed E-state index contributed by atoms with van der Waals surface area (Å²) in [5.74, 6) is 0.543. The molecule has 4 rings (SSSR count). The van der Waals surface area contributed by atoms with Crippen LogP contribution in [0.4, 0.5) is 11.5 Å². The van der Waals surface area contributed by atoms with E-state index < -0.39 is 15.9 Å². The molecule has 8 heteroatoms. The smallest absolute Gasteiger partial charge is 0.268 e. The zero-order valence-electron chi connectivity index (χ0n) is 18.0. The number of carbonyl (C=O) groups is 1. The van der Waals surface area contributed by atoms with Gasteiger partial charge in [-0.05, 0) is 72.8 Å². The second-order valence-electron chi connectivity index (χ2n) is 8.38. The Morgan fingerprint density at radius 3 is 2.55 bits per heavy atom. The van der Waals surface area contributed by atoms with Crippen LogP contribution in [0.15, 0.2) is 30.5 Å². The van der Waals surface area contributed by atoms with Gasteiger partial charge < -0.3 is 10.1 Å². The summed E-state index contributed by atoms with van der Waals surface area (Å²) < 4.78 is 30.9. The molecule has 1 aromatic heterocycles. The first kappa shape index (κ1) is 21.8. The number of amides is 1. The third kappa shape index (κ3) is 5.25. The Bertz CT molecular complexity index is 1070. The van der Waals surface area contributed by atoms with Gasteiger partial charge in [-0.25, -0.2) is 18.1 Å². The number of hydrogen-bond acceptors (Lipinski definition) is 6. The van der Waals surface area contributed by atoms with Crippen LogP contribution >= 0.6 is 0 Å². The van der Waals surface area contributed by atoms with Gasteiger partial charge in [0.1, 0.15) is 5.82 Å². The second-order valence-corrected chi connectivity index (χ2v) is 10.1. The molecular formula is C23H29N3O4S. The maximum Gasteiger partial charge on any atom is 0.268 e. The van der Waals surface area contributed by atoms with Crippen molar-refractivity contribution in [3.8, 4) is 0 Å². The summed E-state index contributed by atoms with van der Waals surface area (Å²) in [6.45, 7) is 3.65. The van der Waals surface area contributed by atoms with E-state index in [0.717, 1.165) is 62.8 Å². The van der Waals surface area contributed by atoms with Gasteiger partial charge in [-0.15, -0.1) is 0 Å². The average molecular weight is 444 g/mol. The summed E-state index contributed by atoms with van der Waals surface area (Å²) in [5, 5.41) is 3.33. The molecular weight excluding hydrogens is 414 g/mol. The number of nitrogens with one attached hydrogen (secondary N) is 2. The van der Waals surface area contributed by atoms with Crippen LogP contribution in [0.5, 0.6) is 0 Å². The lowest BCUT2D eigenvalue weighted by Gasteiger charge is -2.26. The molecule has 7 nitrogen and oxygen atoms in total. The van der Waals surface area contributed by atoms with E-state index in [4.69, 9.17) is 4.74 Å². The van der Waals surface area contributed by atoms with Crippen molar-refractivity contribution in [1.29, 1.82) is 0 Å². The Morgan fingerprint density at radius 1 is 1.16 bits per heavy atom. The summed E-state index contributed by atoms with van der Waals surface area (Å²) in [6, 6.07) is 7.93. The molecule has 1 aliphatic carbocycles. The van der Waals surface area contributed by atoms with Gasteiger partial charge in [0.25, 0.3) is 5.91 Å². The Labute approximate surface area is 183 Å². The maximum absolute atomic E-state index is 12.8. The van der Waals surface area contributed by atoms with Crippen LogP contribution in [0, 0.1) is 0 Å². The monoisotopic (exact) mass is 443 g/mol. The molecule has 0 bridgehead atoms. The fraction of sp³-hybridized carbons (Fsp3) is 0.478. The van der Waals surface area contributed by atoms with Crippen molar-refractivity contribution in [2.24, 2.45) is 0 Å². The number of ether oxygens (including phenoxy) is 1. The molecule has 166 valence electrons. The van der Waals surface area contributed by atoms with Crippen molar-refractivity contribution in [2.75, 3.05) is 24.8 Å². The number of hydrogen-bond donors (Lipinski definition) is 2. The van der Waals surface area contributed by atoms with Gasteiger partial charge in [0.05, 0.1) is 11.8 Å². The van der Waals surface area contributed by atoms with E-state index in [1.807, 2.05) is 12.1 Å². The molecule has 1 aliphatic heterocycles. The number of benzene rings is 1. The molecule has 1 saturated heterocycles. The van der Waals surface area contributed by atoms with E-state index in [9.17, 15) is 13.2 Å². The lowest BCUT2D eigenvalue weighted by Crippen LogP contribution is -2.30. The maximum atomic E-state index is 12.8. The zero-order valence-corrected chi connectivity index (χ0v) is 18.8. The van der Waals surface area contributed by atoms with Crippen molar-refractivity contribution in [2.45, 2.75) is 50.9 Å². The highest BCUT2D eigenvalue weighted by Gasteiger charge is 2.27. The molecule has 2 fully saturated rings. The fourth-order valence-electron chi connectivity index (χ4n) is 4.25. The van der Waals surface area contributed by atoms with Gasteiger partial charge in [0.15, 0.2) is 0 Å². The van der Waals surface area contributed by atoms with Crippen molar-refractivity contribution in [1.82, 2.24) is 9.71 Å². The Kier molecular flexibility index (Phi) is 6.29. The minimum absolute atomic E-state index is 0.244. The highest BCUT2D eigenvalue weighted by Crippen LogP contribution is 2.41. The van der Waals surface area contributed by atoms with Crippen LogP contribution in [0.3, 0.4) is 0 Å². The number of sulfonamides is 1. The topological polar surface area (TPSA) is 97.4 Å². The largest absolute Gasteiger partial charge is 0.381 e. The fourth-order valence-corrected chi connectivity index (χ4v) is 4.70. The van der Waals surface area contributed by atoms with Gasteiger partial charge in [0.2, 0.25) is 10.0 Å². The van der Waals surface area contributed by atoms with Crippen LogP contribution in [0.25, 0.3) is 0 Å². The number of anilines is 2. The molecule has 1 aromatic carbocycles. The summed E-state index contributed by atoms with van der Waals surface area (Å²) in [6.07, 6.45) is 7.71. The molecule has 31 heavy (non-hydrogen) atoms. The van der Waals surface area contributed by atoms with Gasteiger partial charge in [0, 0.05) is 25.1 Å². The normalized spacial score (nSPS) is 17.4. The number of nitrogens with zero attached hydrogens (tertiary/aromatic N) is 1. The van der Waals surface area contributed by atoms with E-state index in [1.165, 1.54) is 11.1 Å². The van der Waals surface area contributed by atoms with Crippen molar-refractivity contribution >= 4 is 27.4 Å². The zero-order chi connectivity index (χ0) is 22.0. The predicted octanol–water partition coefficient (Wildman–Crippen LogP) is 3.85. The number of carbonyl (C=O) groups excluding carboxylic acids is 1. The second kappa shape index (κ2) is 8.96. The van der Waals surface area contributed by atoms with Gasteiger partial charge in [-0.1, -0.05) is 19.1 Å². The summed E-state index contributed by atoms with van der Waals surface area (Å²) in [7, 11) is -3.68. The Morgan fingerprint density at radius 2 is 1.90 bits per heavy atom. The van der Waals surface area contributed by atoms with Crippen molar-refractivity contribution < 1.29 is 17.9 Å². The highest BCUT2D eigenvalue weighted by molar-refractivity contribution is 7.89. The van der Waals surface area contributed by atoms with Gasteiger partial charge >= 0.3 is 0 Å². The van der Waals surface area contributed by atoms with E-state index >= 15 is 0 Å². The quantitative estimate of drug-likeness (QED) is 0.675. The van der Waals surface area contributed by atoms with Crippen molar-refractivity contribution in [3.63, 3.8) is 0 Å². The highest BCUT2D eigenvalue weighted by atomic mass is 32.2. The average Bonchev–Trinajstić information content (AvgIpc) is 3.58. The van der Waals surface area contributed by atoms with Gasteiger partial charge in [-0.2, -0.15) is 0 Å². The molecule has 0 radical (unpaired) electrons. The summed E-state index contributed by atoms with van der Waals surface area (Å²) in [4.78, 5) is 17.3. The lowest BCUT2D eigenvalue weighted by atomic mass is 9.86. The number of aromatic nitrogens is 1. The molecule has 2 aliphatic rings. The van der Waals surface area contributed by atoms with Crippen LogP contribution < -0.4 is 10.0 Å². The molecule has 2 heterocycles. The summed E-state index contributed by atoms with van der Waals surface area (Å²) >= 11 is 0. The number of pyridine rings is 1. The van der Waals surface area contributed by atoms with E-state index in [0.29, 0.717) is 17.7 Å². The van der Waals surface area contributed by atoms with Gasteiger partial charge in [-0.3, -0.25) is 4.79 Å². The molecule has 2 aromatic rings. The molecule has 2 N–H and O–H groups in total. The Hall–Kier alpha value is -2.45. The number of rotatable bonds is 7. The van der Waals surface area contributed by atoms with E-state index in [2.05, 4.69) is 28.0 Å². The third-order valence-corrected chi connectivity index (χ3v) is 6.52. The molecule has 0 atom stereocenters. The first-order valence-electron chi connectivity index (χ1n) is 10.8. The first-order valence-corrected chi connectivity index (χ1v) is 12.7. The minimum atomic E-state index is -3.68. The first-order chi connectivity index (χ1) is 14.9. The van der Waals surface area contributed by atoms with Crippen LogP contribution in [-0.2, 0) is 21.2 Å². The molecule has 1 saturated carbocycles. The Balaban J connectivity index is 1.69. The van der Waals surface area contributed by atoms with Crippen LogP contribution in [-0.4, -0.2) is 38.8 Å². The van der Waals surface area contributed by atoms with Crippen LogP contribution in [0.2, 0.25) is 0 Å². The minimum Gasteiger partial charge on any atom is -0.381 e. The lowest BCUT2D eigenvalue weighted by molar-refractivity contribution is 0.0852. The van der Waals surface area contributed by atoms with Crippen LogP contribution in [0.1, 0.15) is 71.5 Å². The van der Waals surface area contributed by atoms with Crippen molar-refractivity contribution in [3.05, 3.63) is 52.7 Å². The SMILES string of the molecule is CCc1c(Nc2ncc(C3CC3)cc2C(=O)NS(C)(=O)=O)cccc1C1CCOCC1. The predicted molar refractivity (Wildman–Crippen MR) is 120 cm³/mol. The van der Waals surface area contributed by atoms with E-state index in [-0.39, 0.29) is 5.56 Å². The standard InChI is InChI=1S/C23H29N3O4S/c1-3-18-19(16-9-11-30-12-10-16)5-4-6-21(18)25-22-20(23(27)26-31(2,28)29)13-17(14-24-22)15-7-8-15/h4-6,13-16H,3,7-12H2,1-2H3,(H,24,25)(H,26,27). The molecule has 0 spiro atoms. The molecule has 1 amide bonds. The summed E-state index contributed by atoms with van der Waals surface area (Å²) in [5.41, 5.74) is 4.60. The molecule has 0 unspecified atom stereocenters. The van der Waals surface area contributed by atoms with E-state index in [1.54, 1.807) is 12.3 Å². The third-order valence-electron chi connectivity index (χ3n) is 5.96.